The SMILES string of the molecule is C=S(C)(=O)Nc1cc(C)c2c(Nc3ccc(F)cc3O[C@H](C)C(=O)NC3CCOCC3)ncnc2c1. The number of amides is 1. The predicted molar refractivity (Wildman–Crippen MR) is 141 cm³/mol. The monoisotopic (exact) mass is 515 g/mol. The number of anilines is 3. The summed E-state index contributed by atoms with van der Waals surface area (Å²) in [6, 6.07) is 7.67. The summed E-state index contributed by atoms with van der Waals surface area (Å²) in [4.78, 5) is 21.4. The minimum atomic E-state index is -2.46. The zero-order valence-electron chi connectivity index (χ0n) is 20.5. The zero-order chi connectivity index (χ0) is 25.9. The summed E-state index contributed by atoms with van der Waals surface area (Å²) in [5.74, 6) is 3.51. The maximum Gasteiger partial charge on any atom is 0.260 e. The number of rotatable bonds is 8. The number of carbonyl (C=O) groups excluding carboxylic acids is 1. The lowest BCUT2D eigenvalue weighted by Crippen LogP contribution is -2.44. The number of benzene rings is 2. The fourth-order valence-corrected chi connectivity index (χ4v) is 4.64. The summed E-state index contributed by atoms with van der Waals surface area (Å²) in [5, 5.41) is 6.89. The fraction of sp³-hybridized carbons (Fsp3) is 0.360. The number of nitrogens with zero attached hydrogens (tertiary/aromatic N) is 2. The van der Waals surface area contributed by atoms with Crippen LogP contribution in [0.5, 0.6) is 5.75 Å². The van der Waals surface area contributed by atoms with E-state index >= 15 is 0 Å². The molecule has 1 aliphatic heterocycles. The van der Waals surface area contributed by atoms with Crippen molar-refractivity contribution in [2.75, 3.05) is 29.5 Å². The molecule has 3 aromatic rings. The van der Waals surface area contributed by atoms with Gasteiger partial charge >= 0.3 is 0 Å². The molecule has 0 radical (unpaired) electrons. The quantitative estimate of drug-likeness (QED) is 0.393. The molecule has 1 unspecified atom stereocenters. The highest BCUT2D eigenvalue weighted by molar-refractivity contribution is 8.00. The van der Waals surface area contributed by atoms with Crippen molar-refractivity contribution in [1.82, 2.24) is 15.3 Å². The first-order valence-electron chi connectivity index (χ1n) is 11.6. The summed E-state index contributed by atoms with van der Waals surface area (Å²) in [6.07, 6.45) is 3.55. The Kier molecular flexibility index (Phi) is 7.60. The van der Waals surface area contributed by atoms with E-state index in [1.807, 2.05) is 13.0 Å². The van der Waals surface area contributed by atoms with Gasteiger partial charge in [-0.2, -0.15) is 0 Å². The van der Waals surface area contributed by atoms with Gasteiger partial charge in [0.15, 0.2) is 6.10 Å². The third-order valence-corrected chi connectivity index (χ3v) is 6.37. The van der Waals surface area contributed by atoms with Gasteiger partial charge < -0.3 is 24.8 Å². The van der Waals surface area contributed by atoms with Crippen molar-refractivity contribution >= 4 is 49.6 Å². The molecule has 0 saturated carbocycles. The van der Waals surface area contributed by atoms with E-state index in [1.165, 1.54) is 30.8 Å². The van der Waals surface area contributed by atoms with E-state index < -0.39 is 21.6 Å². The Morgan fingerprint density at radius 3 is 2.72 bits per heavy atom. The molecule has 1 fully saturated rings. The van der Waals surface area contributed by atoms with Crippen LogP contribution in [0, 0.1) is 12.7 Å². The Morgan fingerprint density at radius 2 is 2.00 bits per heavy atom. The van der Waals surface area contributed by atoms with Crippen molar-refractivity contribution < 1.29 is 22.9 Å². The van der Waals surface area contributed by atoms with Crippen molar-refractivity contribution in [2.45, 2.75) is 38.8 Å². The number of hydrogen-bond acceptors (Lipinski definition) is 7. The Morgan fingerprint density at radius 1 is 1.25 bits per heavy atom. The molecule has 2 atom stereocenters. The molecule has 9 nitrogen and oxygen atoms in total. The summed E-state index contributed by atoms with van der Waals surface area (Å²) in [5.41, 5.74) is 2.52. The second kappa shape index (κ2) is 10.7. The van der Waals surface area contributed by atoms with Gasteiger partial charge in [-0.05, 0) is 62.4 Å². The number of aromatic nitrogens is 2. The number of halogens is 1. The first-order chi connectivity index (χ1) is 17.1. The van der Waals surface area contributed by atoms with Crippen LogP contribution in [0.2, 0.25) is 0 Å². The largest absolute Gasteiger partial charge is 0.479 e. The smallest absolute Gasteiger partial charge is 0.260 e. The van der Waals surface area contributed by atoms with Gasteiger partial charge in [-0.15, -0.1) is 0 Å². The summed E-state index contributed by atoms with van der Waals surface area (Å²) >= 11 is 0. The molecular formula is C25H30FN5O4S. The normalized spacial score (nSPS) is 16.7. The van der Waals surface area contributed by atoms with Crippen LogP contribution < -0.4 is 20.1 Å². The minimum Gasteiger partial charge on any atom is -0.479 e. The standard InChI is InChI=1S/C25H30FN5O4S/c1-15-11-19(31-36(3,4)33)13-21-23(15)24(28-14-27-21)30-20-6-5-17(26)12-22(20)35-16(2)25(32)29-18-7-9-34-10-8-18/h5-6,11-14,16,18H,3,7-10H2,1-2,4H3,(H,29,32)(H,31,33)(H,27,28,30)/t16-,36?/m1/s1. The van der Waals surface area contributed by atoms with Crippen LogP contribution in [0.15, 0.2) is 36.7 Å². The number of carbonyl (C=O) groups is 1. The van der Waals surface area contributed by atoms with Crippen molar-refractivity contribution in [1.29, 1.82) is 0 Å². The molecule has 0 aliphatic carbocycles. The molecule has 1 aliphatic rings. The maximum absolute atomic E-state index is 14.1. The average Bonchev–Trinajstić information content (AvgIpc) is 2.80. The Labute approximate surface area is 210 Å². The van der Waals surface area contributed by atoms with Gasteiger partial charge in [-0.25, -0.2) is 18.6 Å². The summed E-state index contributed by atoms with van der Waals surface area (Å²) in [7, 11) is -2.46. The van der Waals surface area contributed by atoms with Crippen molar-refractivity contribution in [3.63, 3.8) is 0 Å². The van der Waals surface area contributed by atoms with Crippen molar-refractivity contribution in [3.05, 3.63) is 48.0 Å². The second-order valence-electron chi connectivity index (χ2n) is 8.94. The molecule has 1 amide bonds. The van der Waals surface area contributed by atoms with Gasteiger partial charge in [0.2, 0.25) is 0 Å². The van der Waals surface area contributed by atoms with Crippen LogP contribution in [0.3, 0.4) is 0 Å². The van der Waals surface area contributed by atoms with Gasteiger partial charge in [0.05, 0.1) is 11.2 Å². The van der Waals surface area contributed by atoms with Crippen LogP contribution in [0.1, 0.15) is 25.3 Å². The van der Waals surface area contributed by atoms with E-state index in [0.29, 0.717) is 35.9 Å². The third kappa shape index (κ3) is 6.41. The molecule has 1 aromatic heterocycles. The number of ether oxygens (including phenoxy) is 2. The molecule has 0 spiro atoms. The Balaban J connectivity index is 1.58. The van der Waals surface area contributed by atoms with Gasteiger partial charge in [-0.3, -0.25) is 4.79 Å². The second-order valence-corrected chi connectivity index (χ2v) is 11.2. The van der Waals surface area contributed by atoms with Crippen LogP contribution in [-0.2, 0) is 19.2 Å². The highest BCUT2D eigenvalue weighted by Gasteiger charge is 2.22. The van der Waals surface area contributed by atoms with Crippen LogP contribution in [0.25, 0.3) is 10.9 Å². The molecule has 192 valence electrons. The van der Waals surface area contributed by atoms with E-state index in [2.05, 4.69) is 31.2 Å². The molecule has 2 heterocycles. The number of fused-ring (bicyclic) bond motifs is 1. The lowest BCUT2D eigenvalue weighted by atomic mass is 10.1. The molecule has 11 heteroatoms. The predicted octanol–water partition coefficient (Wildman–Crippen LogP) is 3.56. The number of hydrogen-bond donors (Lipinski definition) is 3. The van der Waals surface area contributed by atoms with Gasteiger partial charge in [0.25, 0.3) is 5.91 Å². The molecule has 3 N–H and O–H groups in total. The van der Waals surface area contributed by atoms with E-state index in [-0.39, 0.29) is 17.7 Å². The van der Waals surface area contributed by atoms with E-state index in [9.17, 15) is 13.4 Å². The van der Waals surface area contributed by atoms with Gasteiger partial charge in [0, 0.05) is 52.4 Å². The highest BCUT2D eigenvalue weighted by Crippen LogP contribution is 2.33. The molecule has 36 heavy (non-hydrogen) atoms. The Bertz CT molecular complexity index is 1380. The third-order valence-electron chi connectivity index (χ3n) is 5.71. The summed E-state index contributed by atoms with van der Waals surface area (Å²) in [6.45, 7) is 4.72. The molecule has 0 bridgehead atoms. The van der Waals surface area contributed by atoms with E-state index in [0.717, 1.165) is 23.8 Å². The van der Waals surface area contributed by atoms with Crippen LogP contribution >= 0.6 is 0 Å². The zero-order valence-corrected chi connectivity index (χ0v) is 21.3. The lowest BCUT2D eigenvalue weighted by molar-refractivity contribution is -0.128. The van der Waals surface area contributed by atoms with Gasteiger partial charge in [0.1, 0.15) is 23.7 Å². The number of nitrogens with one attached hydrogen (secondary N) is 3. The molecule has 4 rings (SSSR count). The van der Waals surface area contributed by atoms with Crippen molar-refractivity contribution in [2.24, 2.45) is 0 Å². The highest BCUT2D eigenvalue weighted by atomic mass is 32.2. The Hall–Kier alpha value is -3.44. The van der Waals surface area contributed by atoms with Gasteiger partial charge in [-0.1, -0.05) is 0 Å². The van der Waals surface area contributed by atoms with E-state index in [1.54, 1.807) is 13.0 Å². The first-order valence-corrected chi connectivity index (χ1v) is 13.7. The van der Waals surface area contributed by atoms with Crippen LogP contribution in [-0.4, -0.2) is 57.6 Å². The number of aryl methyl sites for hydroxylation is 1. The average molecular weight is 516 g/mol. The maximum atomic E-state index is 14.1. The molecular weight excluding hydrogens is 485 g/mol. The topological polar surface area (TPSA) is 114 Å². The van der Waals surface area contributed by atoms with Crippen LogP contribution in [0.4, 0.5) is 21.6 Å². The minimum absolute atomic E-state index is 0.0294. The van der Waals surface area contributed by atoms with E-state index in [4.69, 9.17) is 9.47 Å². The molecule has 1 saturated heterocycles. The molecule has 2 aromatic carbocycles. The van der Waals surface area contributed by atoms with Crippen molar-refractivity contribution in [3.8, 4) is 5.75 Å². The fourth-order valence-electron chi connectivity index (χ4n) is 4.02. The lowest BCUT2D eigenvalue weighted by Gasteiger charge is -2.25. The first kappa shape index (κ1) is 25.6. The summed E-state index contributed by atoms with van der Waals surface area (Å²) < 4.78 is 40.3.